The predicted molar refractivity (Wildman–Crippen MR) is 405 cm³/mol. The molecule has 9 N–H and O–H groups in total. The molecule has 14 saturated carbocycles. The smallest absolute Gasteiger partial charge is 0.342 e. The number of fused-ring (bicyclic) bond motifs is 4. The molecule has 14 aliphatic carbocycles. The van der Waals surface area contributed by atoms with Crippen LogP contribution in [0.1, 0.15) is 210 Å². The summed E-state index contributed by atoms with van der Waals surface area (Å²) in [6.45, 7) is 9.90. The van der Waals surface area contributed by atoms with Gasteiger partial charge in [0.2, 0.25) is 10.0 Å². The Morgan fingerprint density at radius 2 is 0.800 bits per heavy atom. The van der Waals surface area contributed by atoms with E-state index in [1.54, 1.807) is 24.8 Å². The van der Waals surface area contributed by atoms with Crippen LogP contribution in [-0.2, 0) is 29.0 Å². The fraction of sp³-hybridized carbons (Fsp3) is 0.605. The minimum Gasteiger partial charge on any atom is -0.465 e. The second-order valence-corrected chi connectivity index (χ2v) is 36.5. The van der Waals surface area contributed by atoms with Gasteiger partial charge in [-0.05, 0) is 248 Å². The van der Waals surface area contributed by atoms with E-state index in [1.165, 1.54) is 124 Å². The molecule has 560 valence electrons. The zero-order valence-corrected chi connectivity index (χ0v) is 62.7. The number of methoxy groups -OCH3 is 2. The van der Waals surface area contributed by atoms with Crippen molar-refractivity contribution in [2.24, 2.45) is 75.4 Å². The molecule has 14 aliphatic rings. The minimum atomic E-state index is -3.18. The number of hydrogen-bond donors (Lipinski definition) is 9. The number of rotatable bonds is 18. The molecule has 6 unspecified atom stereocenters. The van der Waals surface area contributed by atoms with E-state index in [4.69, 9.17) is 18.9 Å². The van der Waals surface area contributed by atoms with Gasteiger partial charge in [-0.3, -0.25) is 0 Å². The van der Waals surface area contributed by atoms with Gasteiger partial charge in [-0.2, -0.15) is 0 Å². The van der Waals surface area contributed by atoms with E-state index in [0.29, 0.717) is 92.5 Å². The van der Waals surface area contributed by atoms with Crippen molar-refractivity contribution in [2.45, 2.75) is 199 Å². The molecule has 8 aromatic rings. The van der Waals surface area contributed by atoms with Crippen LogP contribution in [0.4, 0.5) is 22.7 Å². The lowest BCUT2D eigenvalue weighted by Crippen LogP contribution is -2.55. The number of aromatic nitrogens is 8. The van der Waals surface area contributed by atoms with Crippen molar-refractivity contribution in [2.75, 3.05) is 54.9 Å². The monoisotopic (exact) mass is 1450 g/mol. The van der Waals surface area contributed by atoms with Gasteiger partial charge in [-0.1, -0.05) is 27.7 Å². The molecular weight excluding hydrogens is 1350 g/mol. The zero-order valence-electron chi connectivity index (χ0n) is 61.8. The van der Waals surface area contributed by atoms with E-state index in [0.717, 1.165) is 136 Å². The molecular formula is C81H105N13O10S. The Morgan fingerprint density at radius 3 is 1.11 bits per heavy atom. The minimum absolute atomic E-state index is 0.105. The van der Waals surface area contributed by atoms with Crippen LogP contribution in [0.15, 0.2) is 73.8 Å². The SMILES string of the molecule is CC12CC3CC(C1)C(Nc1c(C(=O)OC4CC4)cnc4[nH]ccc14)C(C3)C2.CCCOC(=O)c1cnc2[nH]ccc2c1NC1C2CC3CC1CC(C)(C3)C2.CNS(=O)(=O)CC1CCC(Nc2c(C(=O)OC)cnc3[nH]ccc23)CC1.COC(=O)c1cnc2[nH]ccc2c1NC1C2CC3CC1CC(C)(C3)C2. The summed E-state index contributed by atoms with van der Waals surface area (Å²) in [6, 6.07) is 9.45. The van der Waals surface area contributed by atoms with Gasteiger partial charge >= 0.3 is 23.9 Å². The summed E-state index contributed by atoms with van der Waals surface area (Å²) in [6.07, 6.45) is 40.3. The number of aromatic amines is 4. The summed E-state index contributed by atoms with van der Waals surface area (Å²) in [5.74, 6) is 6.08. The molecule has 23 nitrogen and oxygen atoms in total. The number of anilines is 4. The molecule has 0 radical (unpaired) electrons. The first-order valence-electron chi connectivity index (χ1n) is 39.0. The highest BCUT2D eigenvalue weighted by molar-refractivity contribution is 7.89. The number of sulfonamides is 1. The molecule has 12 bridgehead atoms. The third-order valence-electron chi connectivity index (χ3n) is 26.5. The number of hydrogen-bond acceptors (Lipinski definition) is 18. The van der Waals surface area contributed by atoms with E-state index in [1.807, 2.05) is 49.8 Å². The third-order valence-corrected chi connectivity index (χ3v) is 28.0. The first-order chi connectivity index (χ1) is 50.6. The van der Waals surface area contributed by atoms with E-state index < -0.39 is 16.0 Å². The van der Waals surface area contributed by atoms with Crippen molar-refractivity contribution in [3.63, 3.8) is 0 Å². The van der Waals surface area contributed by atoms with E-state index in [2.05, 4.69) is 86.6 Å². The van der Waals surface area contributed by atoms with Crippen LogP contribution >= 0.6 is 0 Å². The molecule has 0 aliphatic heterocycles. The number of H-pyrrole nitrogens is 4. The standard InChI is InChI=1S/C22H27N3O2.C22H29N3O2.C20H25N3O2.C17H24N4O4S/c1-22-8-12-6-13(9-22)18(14(7-12)10-22)25-19-16-4-5-23-20(16)24-11-17(19)21(26)27-15-2-3-15;1-3-6-27-21(26)17-12-24-20-16(4-5-23-20)19(17)25-18-14-7-13-8-15(18)11-22(2,9-13)10-14;1-20-7-11-5-12(8-20)16(13(6-11)9-20)23-17-14-3-4-21-18(14)22-10-15(17)19(24)25-2;1-18-26(23,24)10-11-3-5-12(6-4-11)21-15-13-7-8-19-16(13)20-9-14(15)17(22)25-2/h4-5,11-15,18H,2-3,6-10H2,1H3,(H2,23,24,25);4-5,12-15,18H,3,6-11H2,1-2H3,(H2,23,24,25);3-4,10-13,16H,5-9H2,1-2H3,(H2,21,22,23);7-9,11-12,18H,3-6,10H2,1-2H3,(H2,19,20,21). The topological polar surface area (TPSA) is 314 Å². The van der Waals surface area contributed by atoms with Crippen LogP contribution in [0.5, 0.6) is 0 Å². The Bertz CT molecular complexity index is 4640. The lowest BCUT2D eigenvalue weighted by molar-refractivity contribution is -0.0506. The Hall–Kier alpha value is -8.25. The summed E-state index contributed by atoms with van der Waals surface area (Å²) >= 11 is 0. The number of esters is 4. The quantitative estimate of drug-likeness (QED) is 0.0285. The number of carbonyl (C=O) groups excluding carboxylic acids is 4. The number of nitrogens with one attached hydrogen (secondary N) is 9. The predicted octanol–water partition coefficient (Wildman–Crippen LogP) is 15.1. The third kappa shape index (κ3) is 14.4. The summed E-state index contributed by atoms with van der Waals surface area (Å²) in [5, 5.41) is 18.7. The average molecular weight is 1450 g/mol. The molecule has 0 aromatic carbocycles. The van der Waals surface area contributed by atoms with Crippen molar-refractivity contribution in [3.05, 3.63) is 96.1 Å². The van der Waals surface area contributed by atoms with E-state index in [9.17, 15) is 27.6 Å². The average Bonchev–Trinajstić information content (AvgIpc) is 1.29. The molecule has 0 saturated heterocycles. The van der Waals surface area contributed by atoms with Crippen LogP contribution in [0.2, 0.25) is 0 Å². The normalized spacial score (nSPS) is 32.0. The summed E-state index contributed by atoms with van der Waals surface area (Å²) in [4.78, 5) is 79.9. The van der Waals surface area contributed by atoms with Gasteiger partial charge in [-0.15, -0.1) is 0 Å². The maximum Gasteiger partial charge on any atom is 0.342 e. The van der Waals surface area contributed by atoms with Crippen molar-refractivity contribution in [3.8, 4) is 0 Å². The first-order valence-corrected chi connectivity index (χ1v) is 40.7. The van der Waals surface area contributed by atoms with Crippen LogP contribution < -0.4 is 26.0 Å². The van der Waals surface area contributed by atoms with Crippen molar-refractivity contribution >= 4 is 101 Å². The Balaban J connectivity index is 0.000000108. The molecule has 0 amide bonds. The van der Waals surface area contributed by atoms with Crippen LogP contribution in [0, 0.1) is 75.4 Å². The van der Waals surface area contributed by atoms with E-state index >= 15 is 0 Å². The molecule has 24 heteroatoms. The van der Waals surface area contributed by atoms with Crippen LogP contribution in [0.3, 0.4) is 0 Å². The zero-order chi connectivity index (χ0) is 72.7. The lowest BCUT2D eigenvalue weighted by atomic mass is 9.48. The Labute approximate surface area is 614 Å². The number of pyridine rings is 4. The molecule has 0 spiro atoms. The highest BCUT2D eigenvalue weighted by Crippen LogP contribution is 2.63. The van der Waals surface area contributed by atoms with Gasteiger partial charge < -0.3 is 60.2 Å². The summed E-state index contributed by atoms with van der Waals surface area (Å²) in [5.41, 5.74) is 10.3. The van der Waals surface area contributed by atoms with Gasteiger partial charge in [-0.25, -0.2) is 52.3 Å². The number of nitrogens with zero attached hydrogens (tertiary/aromatic N) is 4. The van der Waals surface area contributed by atoms with Crippen LogP contribution in [-0.4, -0.2) is 136 Å². The van der Waals surface area contributed by atoms with Gasteiger partial charge in [0, 0.05) is 95.3 Å². The second kappa shape index (κ2) is 28.5. The molecule has 8 heterocycles. The molecule has 14 fully saturated rings. The fourth-order valence-electron chi connectivity index (χ4n) is 22.7. The molecule has 22 rings (SSSR count). The van der Waals surface area contributed by atoms with Gasteiger partial charge in [0.25, 0.3) is 0 Å². The largest absolute Gasteiger partial charge is 0.465 e. The Morgan fingerprint density at radius 1 is 0.467 bits per heavy atom. The fourth-order valence-corrected chi connectivity index (χ4v) is 23.9. The van der Waals surface area contributed by atoms with E-state index in [-0.39, 0.29) is 41.7 Å². The molecule has 6 atom stereocenters. The Kier molecular flexibility index (Phi) is 19.3. The van der Waals surface area contributed by atoms with Gasteiger partial charge in [0.1, 0.15) is 50.9 Å². The lowest BCUT2D eigenvalue weighted by Gasteiger charge is -2.59. The maximum absolute atomic E-state index is 12.8. The second-order valence-electron chi connectivity index (χ2n) is 34.6. The summed E-state index contributed by atoms with van der Waals surface area (Å²) in [7, 11) is 1.04. The highest BCUT2D eigenvalue weighted by Gasteiger charge is 2.56. The van der Waals surface area contributed by atoms with Crippen LogP contribution in [0.25, 0.3) is 44.1 Å². The molecule has 105 heavy (non-hydrogen) atoms. The summed E-state index contributed by atoms with van der Waals surface area (Å²) < 4.78 is 46.7. The molecule has 8 aromatic heterocycles. The highest BCUT2D eigenvalue weighted by atomic mass is 32.2. The number of ether oxygens (including phenoxy) is 4. The first kappa shape index (κ1) is 71.0. The maximum atomic E-state index is 12.8. The number of carbonyl (C=O) groups is 4. The van der Waals surface area contributed by atoms with Crippen molar-refractivity contribution in [1.29, 1.82) is 0 Å². The van der Waals surface area contributed by atoms with Crippen molar-refractivity contribution in [1.82, 2.24) is 44.6 Å². The van der Waals surface area contributed by atoms with Gasteiger partial charge in [0.15, 0.2) is 0 Å². The van der Waals surface area contributed by atoms with Gasteiger partial charge in [0.05, 0.1) is 49.3 Å². The van der Waals surface area contributed by atoms with Crippen molar-refractivity contribution < 1.29 is 46.5 Å².